The molecule has 2 aromatic carbocycles. The Morgan fingerprint density at radius 1 is 0.977 bits per heavy atom. The van der Waals surface area contributed by atoms with E-state index in [1.54, 1.807) is 31.3 Å². The van der Waals surface area contributed by atoms with Gasteiger partial charge in [0, 0.05) is 30.9 Å². The number of methoxy groups -OCH3 is 2. The summed E-state index contributed by atoms with van der Waals surface area (Å²) in [5.74, 6) is 1.85. The molecule has 44 heavy (non-hydrogen) atoms. The zero-order valence-electron chi connectivity index (χ0n) is 26.5. The predicted molar refractivity (Wildman–Crippen MR) is 170 cm³/mol. The largest absolute Gasteiger partial charge is 0.493 e. The van der Waals surface area contributed by atoms with E-state index >= 15 is 0 Å². The van der Waals surface area contributed by atoms with E-state index in [-0.39, 0.29) is 24.9 Å². The Morgan fingerprint density at radius 3 is 2.36 bits per heavy atom. The number of piperidine rings is 1. The molecule has 2 aromatic rings. The number of anilines is 1. The highest BCUT2D eigenvalue weighted by Gasteiger charge is 2.54. The van der Waals surface area contributed by atoms with E-state index < -0.39 is 11.6 Å². The molecule has 0 radical (unpaired) electrons. The zero-order chi connectivity index (χ0) is 30.9. The van der Waals surface area contributed by atoms with Crippen LogP contribution < -0.4 is 14.4 Å². The summed E-state index contributed by atoms with van der Waals surface area (Å²) in [5, 5.41) is 10.9. The van der Waals surface area contributed by atoms with Crippen molar-refractivity contribution in [2.45, 2.75) is 75.9 Å². The highest BCUT2D eigenvalue weighted by molar-refractivity contribution is 5.93. The molecule has 1 saturated carbocycles. The summed E-state index contributed by atoms with van der Waals surface area (Å²) in [4.78, 5) is 20.6. The van der Waals surface area contributed by atoms with Gasteiger partial charge >= 0.3 is 0 Å². The molecule has 2 saturated heterocycles. The van der Waals surface area contributed by atoms with Crippen LogP contribution in [-0.2, 0) is 16.0 Å². The lowest BCUT2D eigenvalue weighted by Gasteiger charge is -2.44. The Hall–Kier alpha value is -2.88. The average Bonchev–Trinajstić information content (AvgIpc) is 3.27. The van der Waals surface area contributed by atoms with E-state index in [0.717, 1.165) is 49.6 Å². The van der Waals surface area contributed by atoms with Crippen molar-refractivity contribution in [3.63, 3.8) is 0 Å². The van der Waals surface area contributed by atoms with E-state index in [1.807, 2.05) is 18.2 Å². The molecule has 0 bridgehead atoms. The van der Waals surface area contributed by atoms with Crippen molar-refractivity contribution in [2.24, 2.45) is 5.92 Å². The third kappa shape index (κ3) is 7.66. The minimum absolute atomic E-state index is 0.0487. The van der Waals surface area contributed by atoms with Gasteiger partial charge in [0.25, 0.3) is 0 Å². The molecule has 242 valence electrons. The molecule has 0 aromatic heterocycles. The quantitative estimate of drug-likeness (QED) is 0.328. The minimum Gasteiger partial charge on any atom is -0.493 e. The molecule has 2 aliphatic heterocycles. The highest BCUT2D eigenvalue weighted by atomic mass is 19.1. The van der Waals surface area contributed by atoms with Gasteiger partial charge in [-0.1, -0.05) is 44.2 Å². The summed E-state index contributed by atoms with van der Waals surface area (Å²) in [6, 6.07) is 12.2. The van der Waals surface area contributed by atoms with Crippen molar-refractivity contribution in [1.29, 1.82) is 0 Å². The third-order valence-electron chi connectivity index (χ3n) is 9.82. The molecule has 8 nitrogen and oxygen atoms in total. The number of carbonyl (C=O) groups is 1. The first-order chi connectivity index (χ1) is 21.4. The molecule has 3 fully saturated rings. The molecule has 1 unspecified atom stereocenters. The Bertz CT molecular complexity index is 1200. The van der Waals surface area contributed by atoms with Crippen molar-refractivity contribution in [2.75, 3.05) is 65.2 Å². The summed E-state index contributed by atoms with van der Waals surface area (Å²) in [6.45, 7) is 3.92. The monoisotopic (exact) mass is 611 g/mol. The first-order valence-corrected chi connectivity index (χ1v) is 16.4. The number of β-amino-alcohol motifs (C(OH)–C–C–N with tert-alkyl or cyclic N) is 1. The van der Waals surface area contributed by atoms with E-state index in [4.69, 9.17) is 14.2 Å². The molecule has 1 aliphatic carbocycles. The van der Waals surface area contributed by atoms with E-state index in [9.17, 15) is 14.3 Å². The standard InChI is InChI=1S/C35H50FN3O5/c1-42-32-12-8-11-28(33(32)43-2)17-22-44-25-31(40)24-38-26-39(30-15-13-29(36)14-16-30)35(34(38)41)18-20-37(21-19-35)23-27-9-6-4-3-5-7-10-27/h8,11-16,27,31,40H,3-7,9-10,17-26H2,1-2H3. The van der Waals surface area contributed by atoms with Gasteiger partial charge in [0.05, 0.1) is 46.8 Å². The SMILES string of the molecule is COc1cccc(CCOCC(O)CN2CN(c3ccc(F)cc3)C3(CCN(CC4CCCCCCC4)CC3)C2=O)c1OC. The Kier molecular flexibility index (Phi) is 11.4. The van der Waals surface area contributed by atoms with Gasteiger partial charge in [-0.25, -0.2) is 4.39 Å². The van der Waals surface area contributed by atoms with E-state index in [0.29, 0.717) is 31.2 Å². The van der Waals surface area contributed by atoms with Crippen LogP contribution in [0, 0.1) is 11.7 Å². The molecule has 1 spiro atoms. The van der Waals surface area contributed by atoms with Crippen LogP contribution in [-0.4, -0.2) is 92.7 Å². The smallest absolute Gasteiger partial charge is 0.250 e. The average molecular weight is 612 g/mol. The molecular weight excluding hydrogens is 561 g/mol. The number of carbonyl (C=O) groups excluding carboxylic acids is 1. The first kappa shape index (κ1) is 32.5. The van der Waals surface area contributed by atoms with Crippen molar-refractivity contribution in [1.82, 2.24) is 9.80 Å². The third-order valence-corrected chi connectivity index (χ3v) is 9.82. The van der Waals surface area contributed by atoms with Crippen LogP contribution in [0.25, 0.3) is 0 Å². The number of amides is 1. The van der Waals surface area contributed by atoms with Crippen LogP contribution in [0.5, 0.6) is 11.5 Å². The zero-order valence-corrected chi connectivity index (χ0v) is 26.5. The minimum atomic E-state index is -0.823. The highest BCUT2D eigenvalue weighted by Crippen LogP contribution is 2.40. The number of rotatable bonds is 12. The Balaban J connectivity index is 1.18. The number of likely N-dealkylation sites (tertiary alicyclic amines) is 1. The van der Waals surface area contributed by atoms with Gasteiger partial charge in [-0.3, -0.25) is 4.79 Å². The maximum atomic E-state index is 14.1. The fourth-order valence-corrected chi connectivity index (χ4v) is 7.41. The van der Waals surface area contributed by atoms with Crippen LogP contribution in [0.2, 0.25) is 0 Å². The Labute approximate surface area is 262 Å². The van der Waals surface area contributed by atoms with Crippen LogP contribution in [0.3, 0.4) is 0 Å². The Morgan fingerprint density at radius 2 is 1.68 bits per heavy atom. The maximum absolute atomic E-state index is 14.1. The second-order valence-corrected chi connectivity index (χ2v) is 12.7. The van der Waals surface area contributed by atoms with Crippen LogP contribution in [0.1, 0.15) is 63.4 Å². The van der Waals surface area contributed by atoms with Crippen LogP contribution in [0.4, 0.5) is 10.1 Å². The summed E-state index contributed by atoms with van der Waals surface area (Å²) in [5.41, 5.74) is 1.13. The van der Waals surface area contributed by atoms with Crippen molar-refractivity contribution in [3.05, 3.63) is 53.8 Å². The number of ether oxygens (including phenoxy) is 3. The molecule has 3 aliphatic rings. The molecular formula is C35H50FN3O5. The lowest BCUT2D eigenvalue weighted by atomic mass is 9.84. The summed E-state index contributed by atoms with van der Waals surface area (Å²) >= 11 is 0. The van der Waals surface area contributed by atoms with Crippen LogP contribution >= 0.6 is 0 Å². The number of benzene rings is 2. The first-order valence-electron chi connectivity index (χ1n) is 16.4. The van der Waals surface area contributed by atoms with Crippen molar-refractivity contribution < 1.29 is 28.5 Å². The van der Waals surface area contributed by atoms with Gasteiger partial charge in [0.2, 0.25) is 5.91 Å². The summed E-state index contributed by atoms with van der Waals surface area (Å²) in [7, 11) is 3.22. The number of para-hydroxylation sites is 1. The fraction of sp³-hybridized carbons (Fsp3) is 0.629. The number of halogens is 1. The maximum Gasteiger partial charge on any atom is 0.250 e. The van der Waals surface area contributed by atoms with Crippen LogP contribution in [0.15, 0.2) is 42.5 Å². The molecule has 1 N–H and O–H groups in total. The normalized spacial score (nSPS) is 20.5. The number of aliphatic hydroxyl groups is 1. The van der Waals surface area contributed by atoms with Gasteiger partial charge in [0.1, 0.15) is 11.4 Å². The molecule has 1 amide bonds. The lowest BCUT2D eigenvalue weighted by Crippen LogP contribution is -2.57. The number of hydrogen-bond acceptors (Lipinski definition) is 7. The van der Waals surface area contributed by atoms with Gasteiger partial charge in [-0.05, 0) is 68.4 Å². The second kappa shape index (κ2) is 15.4. The van der Waals surface area contributed by atoms with E-state index in [1.165, 1.54) is 57.1 Å². The van der Waals surface area contributed by atoms with Gasteiger partial charge in [0.15, 0.2) is 11.5 Å². The topological polar surface area (TPSA) is 74.7 Å². The second-order valence-electron chi connectivity index (χ2n) is 12.7. The fourth-order valence-electron chi connectivity index (χ4n) is 7.41. The van der Waals surface area contributed by atoms with Gasteiger partial charge in [-0.2, -0.15) is 0 Å². The lowest BCUT2D eigenvalue weighted by molar-refractivity contribution is -0.135. The van der Waals surface area contributed by atoms with Crippen molar-refractivity contribution in [3.8, 4) is 11.5 Å². The number of aliphatic hydroxyl groups excluding tert-OH is 1. The van der Waals surface area contributed by atoms with E-state index in [2.05, 4.69) is 9.80 Å². The molecule has 9 heteroatoms. The molecule has 5 rings (SSSR count). The summed E-state index contributed by atoms with van der Waals surface area (Å²) < 4.78 is 30.6. The molecule has 1 atom stereocenters. The summed E-state index contributed by atoms with van der Waals surface area (Å²) in [6.07, 6.45) is 10.6. The number of hydrogen-bond donors (Lipinski definition) is 1. The van der Waals surface area contributed by atoms with Gasteiger partial charge in [-0.15, -0.1) is 0 Å². The number of nitrogens with zero attached hydrogens (tertiary/aromatic N) is 3. The molecule has 2 heterocycles. The van der Waals surface area contributed by atoms with Crippen molar-refractivity contribution >= 4 is 11.6 Å². The van der Waals surface area contributed by atoms with Gasteiger partial charge < -0.3 is 34.0 Å². The predicted octanol–water partition coefficient (Wildman–Crippen LogP) is 5.26.